The van der Waals surface area contributed by atoms with Gasteiger partial charge in [-0.2, -0.15) is 18.3 Å². The normalized spacial score (nSPS) is 14.4. The molecule has 27 heavy (non-hydrogen) atoms. The van der Waals surface area contributed by atoms with Crippen LogP contribution in [0.3, 0.4) is 0 Å². The second kappa shape index (κ2) is 6.71. The molecule has 0 atom stereocenters. The van der Waals surface area contributed by atoms with Crippen molar-refractivity contribution in [1.29, 1.82) is 0 Å². The molecule has 0 bridgehead atoms. The Morgan fingerprint density at radius 3 is 2.26 bits per heavy atom. The third-order valence-corrected chi connectivity index (χ3v) is 4.36. The van der Waals surface area contributed by atoms with Crippen LogP contribution in [0.25, 0.3) is 5.69 Å². The maximum absolute atomic E-state index is 13.3. The lowest BCUT2D eigenvalue weighted by atomic mass is 10.1. The summed E-state index contributed by atoms with van der Waals surface area (Å²) in [7, 11) is 0. The van der Waals surface area contributed by atoms with Crippen molar-refractivity contribution in [2.45, 2.75) is 44.9 Å². The Kier molecular flexibility index (Phi) is 4.71. The number of nitrogens with zero attached hydrogens (tertiary/aromatic N) is 3. The Morgan fingerprint density at radius 1 is 1.22 bits per heavy atom. The third-order valence-electron chi connectivity index (χ3n) is 4.36. The summed E-state index contributed by atoms with van der Waals surface area (Å²) < 4.78 is 40.4. The highest BCUT2D eigenvalue weighted by atomic mass is 19.4. The number of aromatic carboxylic acids is 1. The first-order valence-electron chi connectivity index (χ1n) is 8.43. The minimum absolute atomic E-state index is 0.0192. The van der Waals surface area contributed by atoms with Crippen molar-refractivity contribution >= 4 is 11.9 Å². The Balaban J connectivity index is 1.95. The topological polar surface area (TPSA) is 75.4 Å². The number of alkyl halides is 3. The number of carboxylic acid groups (broad SMARTS) is 1. The van der Waals surface area contributed by atoms with E-state index in [2.05, 4.69) is 5.10 Å². The fourth-order valence-corrected chi connectivity index (χ4v) is 3.04. The molecule has 144 valence electrons. The van der Waals surface area contributed by atoms with Gasteiger partial charge in [-0.05, 0) is 51.0 Å². The number of hydrogen-bond donors (Lipinski definition) is 1. The van der Waals surface area contributed by atoms with E-state index in [0.29, 0.717) is 16.4 Å². The van der Waals surface area contributed by atoms with Gasteiger partial charge in [0, 0.05) is 17.6 Å². The van der Waals surface area contributed by atoms with Crippen molar-refractivity contribution in [1.82, 2.24) is 14.7 Å². The second-order valence-electron chi connectivity index (χ2n) is 6.71. The molecule has 1 amide bonds. The van der Waals surface area contributed by atoms with Crippen LogP contribution in [0, 0.1) is 0 Å². The van der Waals surface area contributed by atoms with Gasteiger partial charge in [0.15, 0.2) is 5.69 Å². The molecule has 2 aromatic rings. The fraction of sp³-hybridized carbons (Fsp3) is 0.389. The largest absolute Gasteiger partial charge is 0.478 e. The molecule has 1 fully saturated rings. The molecule has 1 heterocycles. The molecule has 9 heteroatoms. The monoisotopic (exact) mass is 381 g/mol. The van der Waals surface area contributed by atoms with Crippen LogP contribution < -0.4 is 0 Å². The molecule has 1 aromatic heterocycles. The van der Waals surface area contributed by atoms with Crippen molar-refractivity contribution < 1.29 is 27.9 Å². The number of carbonyl (C=O) groups is 2. The highest BCUT2D eigenvalue weighted by molar-refractivity contribution is 5.95. The van der Waals surface area contributed by atoms with Gasteiger partial charge in [0.25, 0.3) is 5.91 Å². The van der Waals surface area contributed by atoms with E-state index in [1.54, 1.807) is 4.90 Å². The van der Waals surface area contributed by atoms with Gasteiger partial charge in [0.05, 0.1) is 11.9 Å². The minimum Gasteiger partial charge on any atom is -0.478 e. The Morgan fingerprint density at radius 2 is 1.81 bits per heavy atom. The van der Waals surface area contributed by atoms with Gasteiger partial charge in [-0.3, -0.25) is 4.79 Å². The molecule has 1 N–H and O–H groups in total. The van der Waals surface area contributed by atoms with Crippen LogP contribution in [-0.2, 0) is 6.18 Å². The summed E-state index contributed by atoms with van der Waals surface area (Å²) in [6.07, 6.45) is -2.33. The summed E-state index contributed by atoms with van der Waals surface area (Å²) in [6, 6.07) is 5.73. The summed E-state index contributed by atoms with van der Waals surface area (Å²) >= 11 is 0. The van der Waals surface area contributed by atoms with Gasteiger partial charge < -0.3 is 10.0 Å². The first kappa shape index (κ1) is 18.9. The quantitative estimate of drug-likeness (QED) is 0.859. The van der Waals surface area contributed by atoms with Crippen LogP contribution in [0.4, 0.5) is 13.2 Å². The van der Waals surface area contributed by atoms with Gasteiger partial charge in [0.2, 0.25) is 0 Å². The Hall–Kier alpha value is -2.84. The van der Waals surface area contributed by atoms with Crippen molar-refractivity contribution in [3.05, 3.63) is 47.3 Å². The van der Waals surface area contributed by atoms with E-state index in [1.807, 2.05) is 13.8 Å². The number of carbonyl (C=O) groups excluding carboxylic acids is 1. The lowest BCUT2D eigenvalue weighted by Crippen LogP contribution is -2.38. The average Bonchev–Trinajstić information content (AvgIpc) is 3.28. The standard InChI is InChI=1S/C18H18F3N3O3/c1-10(2)23(12-7-8-12)16(25)11-3-5-13(6-4-11)24-15(18(19,20)21)14(9-22-24)17(26)27/h3-6,9-10,12H,7-8H2,1-2H3,(H,26,27). The summed E-state index contributed by atoms with van der Waals surface area (Å²) in [5.74, 6) is -1.89. The van der Waals surface area contributed by atoms with Crippen LogP contribution in [-0.4, -0.2) is 43.7 Å². The predicted molar refractivity (Wildman–Crippen MR) is 89.9 cm³/mol. The number of hydrogen-bond acceptors (Lipinski definition) is 3. The van der Waals surface area contributed by atoms with Crippen LogP contribution in [0.15, 0.2) is 30.5 Å². The van der Waals surface area contributed by atoms with Crippen LogP contribution in [0.5, 0.6) is 0 Å². The number of halogens is 3. The average molecular weight is 381 g/mol. The Labute approximate surface area is 153 Å². The molecule has 3 rings (SSSR count). The molecule has 1 saturated carbocycles. The highest BCUT2D eigenvalue weighted by Crippen LogP contribution is 2.34. The predicted octanol–water partition coefficient (Wildman–Crippen LogP) is 3.60. The van der Waals surface area contributed by atoms with Gasteiger partial charge in [-0.25, -0.2) is 9.48 Å². The molecule has 0 radical (unpaired) electrons. The number of aromatic nitrogens is 2. The fourth-order valence-electron chi connectivity index (χ4n) is 3.04. The molecule has 0 spiro atoms. The van der Waals surface area contributed by atoms with E-state index >= 15 is 0 Å². The summed E-state index contributed by atoms with van der Waals surface area (Å²) in [5.41, 5.74) is -1.91. The van der Waals surface area contributed by atoms with Crippen molar-refractivity contribution in [3.63, 3.8) is 0 Å². The molecular weight excluding hydrogens is 363 g/mol. The van der Waals surface area contributed by atoms with Crippen molar-refractivity contribution in [3.8, 4) is 5.69 Å². The van der Waals surface area contributed by atoms with Gasteiger partial charge in [-0.15, -0.1) is 0 Å². The zero-order chi connectivity index (χ0) is 19.9. The van der Waals surface area contributed by atoms with Crippen LogP contribution in [0.2, 0.25) is 0 Å². The van der Waals surface area contributed by atoms with E-state index in [4.69, 9.17) is 5.11 Å². The lowest BCUT2D eigenvalue weighted by molar-refractivity contribution is -0.143. The van der Waals surface area contributed by atoms with Crippen LogP contribution >= 0.6 is 0 Å². The lowest BCUT2D eigenvalue weighted by Gasteiger charge is -2.26. The Bertz CT molecular complexity index is 866. The van der Waals surface area contributed by atoms with Gasteiger partial charge >= 0.3 is 12.1 Å². The SMILES string of the molecule is CC(C)N(C(=O)c1ccc(-n2ncc(C(=O)O)c2C(F)(F)F)cc1)C1CC1. The van der Waals surface area contributed by atoms with Gasteiger partial charge in [0.1, 0.15) is 5.56 Å². The van der Waals surface area contributed by atoms with Crippen LogP contribution in [0.1, 0.15) is 53.1 Å². The van der Waals surface area contributed by atoms with E-state index in [-0.39, 0.29) is 23.7 Å². The molecule has 1 aliphatic carbocycles. The molecule has 1 aromatic carbocycles. The minimum atomic E-state index is -4.89. The molecular formula is C18H18F3N3O3. The number of amides is 1. The summed E-state index contributed by atoms with van der Waals surface area (Å²) in [6.45, 7) is 3.83. The molecule has 0 saturated heterocycles. The maximum atomic E-state index is 13.3. The number of rotatable bonds is 5. The second-order valence-corrected chi connectivity index (χ2v) is 6.71. The maximum Gasteiger partial charge on any atom is 0.434 e. The molecule has 1 aliphatic rings. The van der Waals surface area contributed by atoms with E-state index in [1.165, 1.54) is 24.3 Å². The smallest absolute Gasteiger partial charge is 0.434 e. The zero-order valence-electron chi connectivity index (χ0n) is 14.7. The number of benzene rings is 1. The van der Waals surface area contributed by atoms with E-state index in [0.717, 1.165) is 12.8 Å². The summed E-state index contributed by atoms with van der Waals surface area (Å²) in [4.78, 5) is 25.5. The molecule has 0 unspecified atom stereocenters. The van der Waals surface area contributed by atoms with E-state index < -0.39 is 23.4 Å². The molecule has 0 aliphatic heterocycles. The first-order valence-corrected chi connectivity index (χ1v) is 8.43. The van der Waals surface area contributed by atoms with Gasteiger partial charge in [-0.1, -0.05) is 0 Å². The molecule has 6 nitrogen and oxygen atoms in total. The number of carboxylic acids is 1. The third kappa shape index (κ3) is 3.67. The highest BCUT2D eigenvalue weighted by Gasteiger charge is 2.40. The van der Waals surface area contributed by atoms with Crippen molar-refractivity contribution in [2.75, 3.05) is 0 Å². The zero-order valence-corrected chi connectivity index (χ0v) is 14.7. The van der Waals surface area contributed by atoms with Crippen molar-refractivity contribution in [2.24, 2.45) is 0 Å². The van der Waals surface area contributed by atoms with E-state index in [9.17, 15) is 22.8 Å². The first-order chi connectivity index (χ1) is 12.6. The summed E-state index contributed by atoms with van der Waals surface area (Å²) in [5, 5.41) is 12.5.